The number of rotatable bonds is 9. The Labute approximate surface area is 201 Å². The van der Waals surface area contributed by atoms with Gasteiger partial charge in [-0.1, -0.05) is 49.7 Å². The number of thiophene rings is 1. The van der Waals surface area contributed by atoms with E-state index in [-0.39, 0.29) is 0 Å². The minimum Gasteiger partial charge on any atom is -0.256 e. The van der Waals surface area contributed by atoms with Crippen LogP contribution in [0.3, 0.4) is 0 Å². The maximum absolute atomic E-state index is 4.80. The van der Waals surface area contributed by atoms with Crippen molar-refractivity contribution in [2.24, 2.45) is 0 Å². The molecule has 0 fully saturated rings. The van der Waals surface area contributed by atoms with Gasteiger partial charge < -0.3 is 0 Å². The average molecular weight is 469 g/mol. The van der Waals surface area contributed by atoms with Gasteiger partial charge in [-0.2, -0.15) is 10.3 Å². The minimum atomic E-state index is 0.550. The molecule has 0 radical (unpaired) electrons. The van der Waals surface area contributed by atoms with Crippen LogP contribution in [0.4, 0.5) is 0 Å². The molecule has 9 heteroatoms. The fourth-order valence-electron chi connectivity index (χ4n) is 3.67. The number of aromatic amines is 1. The molecule has 34 heavy (non-hydrogen) atoms. The maximum atomic E-state index is 4.80. The molecule has 1 N–H and O–H groups in total. The second-order valence-corrected chi connectivity index (χ2v) is 8.80. The Morgan fingerprint density at radius 3 is 2.68 bits per heavy atom. The second-order valence-electron chi connectivity index (χ2n) is 7.82. The quantitative estimate of drug-likeness (QED) is 0.321. The van der Waals surface area contributed by atoms with E-state index in [2.05, 4.69) is 51.1 Å². The molecule has 5 aromatic rings. The Kier molecular flexibility index (Phi) is 6.62. The molecule has 0 aliphatic heterocycles. The van der Waals surface area contributed by atoms with Gasteiger partial charge in [0.1, 0.15) is 5.82 Å². The van der Waals surface area contributed by atoms with Gasteiger partial charge in [-0.25, -0.2) is 9.67 Å². The first kappa shape index (κ1) is 21.8. The Bertz CT molecular complexity index is 1350. The van der Waals surface area contributed by atoms with Gasteiger partial charge in [0.2, 0.25) is 5.82 Å². The molecule has 8 nitrogen and oxygen atoms in total. The lowest BCUT2D eigenvalue weighted by Gasteiger charge is -2.08. The standard InChI is InChI=1S/C25H24N8S/c1-2-3-14-33-24(27-23(30-33)13-11-19-7-6-15-34-19)16-18-10-12-22(26-17-18)20-8-4-5-9-21(20)25-28-31-32-29-25/h4-13,15,17H,2-3,14,16H2,1H3,(H,28,29,31,32). The highest BCUT2D eigenvalue weighted by Gasteiger charge is 2.13. The number of hydrogen-bond donors (Lipinski definition) is 1. The fraction of sp³-hybridized carbons (Fsp3) is 0.200. The molecule has 4 heterocycles. The van der Waals surface area contributed by atoms with Crippen molar-refractivity contribution >= 4 is 23.5 Å². The summed E-state index contributed by atoms with van der Waals surface area (Å²) in [6, 6.07) is 16.2. The summed E-state index contributed by atoms with van der Waals surface area (Å²) in [5.41, 5.74) is 3.79. The molecular formula is C25H24N8S. The zero-order valence-electron chi connectivity index (χ0n) is 18.8. The summed E-state index contributed by atoms with van der Waals surface area (Å²) in [6.07, 6.45) is 8.79. The van der Waals surface area contributed by atoms with E-state index in [9.17, 15) is 0 Å². The molecule has 5 rings (SSSR count). The summed E-state index contributed by atoms with van der Waals surface area (Å²) in [7, 11) is 0. The average Bonchev–Trinajstić information content (AvgIpc) is 3.65. The summed E-state index contributed by atoms with van der Waals surface area (Å²) in [6.45, 7) is 3.04. The third-order valence-electron chi connectivity index (χ3n) is 5.40. The summed E-state index contributed by atoms with van der Waals surface area (Å²) >= 11 is 1.70. The molecule has 0 unspecified atom stereocenters. The van der Waals surface area contributed by atoms with Crippen LogP contribution in [0.5, 0.6) is 0 Å². The molecule has 0 amide bonds. The molecule has 0 saturated carbocycles. The van der Waals surface area contributed by atoms with E-state index in [0.29, 0.717) is 12.2 Å². The third-order valence-corrected chi connectivity index (χ3v) is 6.24. The largest absolute Gasteiger partial charge is 0.256 e. The summed E-state index contributed by atoms with van der Waals surface area (Å²) in [5.74, 6) is 2.23. The van der Waals surface area contributed by atoms with Crippen molar-refractivity contribution in [1.82, 2.24) is 40.4 Å². The third kappa shape index (κ3) is 4.99. The number of benzene rings is 1. The number of aromatic nitrogens is 8. The minimum absolute atomic E-state index is 0.550. The second kappa shape index (κ2) is 10.3. The highest BCUT2D eigenvalue weighted by atomic mass is 32.1. The first-order valence-corrected chi connectivity index (χ1v) is 12.1. The number of aryl methyl sites for hydroxylation is 1. The summed E-state index contributed by atoms with van der Waals surface area (Å²) in [4.78, 5) is 10.7. The van der Waals surface area contributed by atoms with E-state index >= 15 is 0 Å². The van der Waals surface area contributed by atoms with Crippen molar-refractivity contribution in [1.29, 1.82) is 0 Å². The number of nitrogens with one attached hydrogen (secondary N) is 1. The Morgan fingerprint density at radius 2 is 1.94 bits per heavy atom. The first-order valence-electron chi connectivity index (χ1n) is 11.2. The SMILES string of the molecule is CCCCn1nc(C=Cc2cccs2)nc1Cc1ccc(-c2ccccc2-c2nn[nH]n2)nc1. The predicted octanol–water partition coefficient (Wildman–Crippen LogP) is 5.14. The molecular weight excluding hydrogens is 444 g/mol. The highest BCUT2D eigenvalue weighted by Crippen LogP contribution is 2.28. The van der Waals surface area contributed by atoms with Crippen LogP contribution in [-0.4, -0.2) is 40.4 Å². The molecule has 0 saturated heterocycles. The van der Waals surface area contributed by atoms with Gasteiger partial charge in [0.15, 0.2) is 5.82 Å². The van der Waals surface area contributed by atoms with Gasteiger partial charge in [0.05, 0.1) is 5.69 Å². The number of nitrogens with zero attached hydrogens (tertiary/aromatic N) is 7. The number of pyridine rings is 1. The lowest BCUT2D eigenvalue weighted by Crippen LogP contribution is -2.06. The van der Waals surface area contributed by atoms with Crippen LogP contribution >= 0.6 is 11.3 Å². The van der Waals surface area contributed by atoms with E-state index in [4.69, 9.17) is 15.1 Å². The van der Waals surface area contributed by atoms with Crippen LogP contribution in [-0.2, 0) is 13.0 Å². The predicted molar refractivity (Wildman–Crippen MR) is 134 cm³/mol. The highest BCUT2D eigenvalue weighted by molar-refractivity contribution is 7.10. The van der Waals surface area contributed by atoms with Gasteiger partial charge in [-0.3, -0.25) is 4.98 Å². The normalized spacial score (nSPS) is 11.4. The Morgan fingerprint density at radius 1 is 1.03 bits per heavy atom. The van der Waals surface area contributed by atoms with Gasteiger partial charge in [-0.15, -0.1) is 21.5 Å². The fourth-order valence-corrected chi connectivity index (χ4v) is 4.29. The lowest BCUT2D eigenvalue weighted by molar-refractivity contribution is 0.549. The summed E-state index contributed by atoms with van der Waals surface area (Å²) in [5, 5.41) is 21.2. The molecule has 1 aromatic carbocycles. The number of hydrogen-bond acceptors (Lipinski definition) is 7. The van der Waals surface area contributed by atoms with E-state index in [1.807, 2.05) is 53.4 Å². The monoisotopic (exact) mass is 468 g/mol. The Hall–Kier alpha value is -3.98. The van der Waals surface area contributed by atoms with Crippen molar-refractivity contribution < 1.29 is 0 Å². The molecule has 0 aliphatic rings. The van der Waals surface area contributed by atoms with E-state index in [1.54, 1.807) is 11.3 Å². The van der Waals surface area contributed by atoms with E-state index < -0.39 is 0 Å². The molecule has 170 valence electrons. The molecule has 0 atom stereocenters. The van der Waals surface area contributed by atoms with E-state index in [0.717, 1.165) is 53.4 Å². The van der Waals surface area contributed by atoms with Crippen molar-refractivity contribution in [2.75, 3.05) is 0 Å². The van der Waals surface area contributed by atoms with Crippen LogP contribution in [0.15, 0.2) is 60.1 Å². The molecule has 0 bridgehead atoms. The number of unbranched alkanes of at least 4 members (excludes halogenated alkanes) is 1. The lowest BCUT2D eigenvalue weighted by atomic mass is 10.0. The topological polar surface area (TPSA) is 98.1 Å². The number of H-pyrrole nitrogens is 1. The number of tetrazole rings is 1. The zero-order chi connectivity index (χ0) is 23.2. The maximum Gasteiger partial charge on any atom is 0.205 e. The molecule has 4 aromatic heterocycles. The smallest absolute Gasteiger partial charge is 0.205 e. The van der Waals surface area contributed by atoms with Crippen LogP contribution < -0.4 is 0 Å². The summed E-state index contributed by atoms with van der Waals surface area (Å²) < 4.78 is 2.02. The van der Waals surface area contributed by atoms with Crippen LogP contribution in [0, 0.1) is 0 Å². The van der Waals surface area contributed by atoms with Crippen molar-refractivity contribution in [3.8, 4) is 22.6 Å². The van der Waals surface area contributed by atoms with Crippen LogP contribution in [0.2, 0.25) is 0 Å². The van der Waals surface area contributed by atoms with Crippen molar-refractivity contribution in [3.63, 3.8) is 0 Å². The van der Waals surface area contributed by atoms with Crippen molar-refractivity contribution in [2.45, 2.75) is 32.7 Å². The first-order chi connectivity index (χ1) is 16.8. The van der Waals surface area contributed by atoms with Gasteiger partial charge in [0, 0.05) is 35.2 Å². The van der Waals surface area contributed by atoms with Gasteiger partial charge in [-0.05, 0) is 46.9 Å². The van der Waals surface area contributed by atoms with Gasteiger partial charge in [0.25, 0.3) is 0 Å². The zero-order valence-corrected chi connectivity index (χ0v) is 19.6. The Balaban J connectivity index is 1.38. The van der Waals surface area contributed by atoms with Crippen molar-refractivity contribution in [3.05, 3.63) is 82.2 Å². The van der Waals surface area contributed by atoms with Crippen LogP contribution in [0.25, 0.3) is 34.8 Å². The van der Waals surface area contributed by atoms with Crippen LogP contribution in [0.1, 0.15) is 41.9 Å². The van der Waals surface area contributed by atoms with Gasteiger partial charge >= 0.3 is 0 Å². The molecule has 0 spiro atoms. The molecule has 0 aliphatic carbocycles. The van der Waals surface area contributed by atoms with E-state index in [1.165, 1.54) is 4.88 Å².